The first-order valence-corrected chi connectivity index (χ1v) is 7.36. The average molecular weight is 353 g/mol. The molecule has 0 radical (unpaired) electrons. The molecule has 0 aliphatic rings. The van der Waals surface area contributed by atoms with E-state index in [9.17, 15) is 14.7 Å². The number of aromatic carboxylic acids is 1. The Bertz CT molecular complexity index is 795. The third kappa shape index (κ3) is 3.94. The van der Waals surface area contributed by atoms with Gasteiger partial charge in [-0.25, -0.2) is 4.79 Å². The second-order valence-corrected chi connectivity index (χ2v) is 5.89. The molecule has 0 bridgehead atoms. The molecule has 1 heterocycles. The van der Waals surface area contributed by atoms with E-state index < -0.39 is 5.97 Å². The molecule has 2 aromatic rings. The maximum atomic E-state index is 12.1. The Morgan fingerprint density at radius 2 is 1.91 bits per heavy atom. The van der Waals surface area contributed by atoms with E-state index in [2.05, 4.69) is 4.98 Å². The number of carboxylic acids is 1. The summed E-state index contributed by atoms with van der Waals surface area (Å²) in [5.74, 6) is -1.49. The van der Waals surface area contributed by atoms with Gasteiger partial charge in [0.2, 0.25) is 5.78 Å². The Morgan fingerprint density at radius 3 is 2.48 bits per heavy atom. The number of H-pyrrole nitrogens is 1. The highest BCUT2D eigenvalue weighted by atomic mass is 35.5. The Hall–Kier alpha value is -2.24. The van der Waals surface area contributed by atoms with Crippen molar-refractivity contribution in [2.45, 2.75) is 0 Å². The lowest BCUT2D eigenvalue weighted by molar-refractivity contribution is 0.0698. The zero-order valence-corrected chi connectivity index (χ0v) is 13.9. The smallest absolute Gasteiger partial charge is 0.337 e. The predicted octanol–water partition coefficient (Wildman–Crippen LogP) is 3.94. The average Bonchev–Trinajstić information content (AvgIpc) is 2.90. The summed E-state index contributed by atoms with van der Waals surface area (Å²) < 4.78 is 0. The zero-order chi connectivity index (χ0) is 17.1. The van der Waals surface area contributed by atoms with Gasteiger partial charge in [-0.15, -0.1) is 0 Å². The number of benzene rings is 1. The minimum absolute atomic E-state index is 0.0316. The van der Waals surface area contributed by atoms with Crippen LogP contribution in [0.3, 0.4) is 0 Å². The van der Waals surface area contributed by atoms with Gasteiger partial charge in [0.15, 0.2) is 0 Å². The van der Waals surface area contributed by atoms with Crippen molar-refractivity contribution >= 4 is 35.0 Å². The summed E-state index contributed by atoms with van der Waals surface area (Å²) in [6, 6.07) is 6.01. The summed E-state index contributed by atoms with van der Waals surface area (Å²) >= 11 is 12.0. The van der Waals surface area contributed by atoms with Gasteiger partial charge < -0.3 is 15.0 Å². The number of nitrogens with one attached hydrogen (secondary N) is 1. The lowest BCUT2D eigenvalue weighted by Crippen LogP contribution is -2.03. The first-order chi connectivity index (χ1) is 10.8. The Balaban J connectivity index is 2.51. The topological polar surface area (TPSA) is 73.4 Å². The molecule has 0 spiro atoms. The van der Waals surface area contributed by atoms with Crippen LogP contribution in [0.1, 0.15) is 20.8 Å². The van der Waals surface area contributed by atoms with Crippen LogP contribution in [-0.4, -0.2) is 40.8 Å². The van der Waals surface area contributed by atoms with Crippen molar-refractivity contribution in [1.82, 2.24) is 9.88 Å². The predicted molar refractivity (Wildman–Crippen MR) is 90.4 cm³/mol. The lowest BCUT2D eigenvalue weighted by atomic mass is 10.1. The quantitative estimate of drug-likeness (QED) is 0.631. The van der Waals surface area contributed by atoms with E-state index >= 15 is 0 Å². The van der Waals surface area contributed by atoms with Crippen LogP contribution in [0.4, 0.5) is 0 Å². The number of nitrogens with zero attached hydrogens (tertiary/aromatic N) is 1. The number of carbonyl (C=O) groups excluding carboxylic acids is 1. The molecule has 0 unspecified atom stereocenters. The number of hydrogen-bond donors (Lipinski definition) is 2. The van der Waals surface area contributed by atoms with Crippen molar-refractivity contribution in [2.75, 3.05) is 14.1 Å². The largest absolute Gasteiger partial charge is 0.478 e. The van der Waals surface area contributed by atoms with Gasteiger partial charge in [0.1, 0.15) is 0 Å². The van der Waals surface area contributed by atoms with Crippen LogP contribution in [0.2, 0.25) is 10.0 Å². The van der Waals surface area contributed by atoms with Gasteiger partial charge in [0.05, 0.1) is 22.0 Å². The van der Waals surface area contributed by atoms with Gasteiger partial charge in [-0.1, -0.05) is 23.2 Å². The van der Waals surface area contributed by atoms with E-state index in [4.69, 9.17) is 23.2 Å². The summed E-state index contributed by atoms with van der Waals surface area (Å²) in [4.78, 5) is 28.1. The number of hydrogen-bond acceptors (Lipinski definition) is 3. The summed E-state index contributed by atoms with van der Waals surface area (Å²) in [6.45, 7) is 0. The number of halogens is 2. The highest BCUT2D eigenvalue weighted by Crippen LogP contribution is 2.32. The number of aromatic nitrogens is 1. The molecule has 0 atom stereocenters. The van der Waals surface area contributed by atoms with Crippen LogP contribution in [0.15, 0.2) is 36.5 Å². The van der Waals surface area contributed by atoms with Crippen LogP contribution in [-0.2, 0) is 0 Å². The molecule has 120 valence electrons. The Morgan fingerprint density at radius 1 is 1.22 bits per heavy atom. The molecule has 0 saturated heterocycles. The molecule has 2 rings (SSSR count). The van der Waals surface area contributed by atoms with Crippen molar-refractivity contribution in [3.8, 4) is 11.3 Å². The molecule has 1 aromatic heterocycles. The Labute approximate surface area is 143 Å². The summed E-state index contributed by atoms with van der Waals surface area (Å²) in [6.07, 6.45) is 2.93. The fourth-order valence-electron chi connectivity index (χ4n) is 1.97. The molecule has 0 amide bonds. The molecule has 23 heavy (non-hydrogen) atoms. The van der Waals surface area contributed by atoms with Crippen molar-refractivity contribution in [2.24, 2.45) is 0 Å². The molecule has 5 nitrogen and oxygen atoms in total. The van der Waals surface area contributed by atoms with Gasteiger partial charge >= 0.3 is 5.97 Å². The summed E-state index contributed by atoms with van der Waals surface area (Å²) in [5, 5.41) is 10.1. The molecule has 7 heteroatoms. The van der Waals surface area contributed by atoms with Crippen LogP contribution >= 0.6 is 23.2 Å². The SMILES string of the molecule is CN(C)/C=C/C(=O)c1cc(C(=O)O)c(-c2ccc(Cl)cc2Cl)[nH]1. The minimum Gasteiger partial charge on any atom is -0.478 e. The van der Waals surface area contributed by atoms with Crippen LogP contribution in [0, 0.1) is 0 Å². The van der Waals surface area contributed by atoms with Gasteiger partial charge in [0, 0.05) is 37.0 Å². The standard InChI is InChI=1S/C16H14Cl2N2O3/c1-20(2)6-5-14(21)13-8-11(16(22)23)15(19-13)10-4-3-9(17)7-12(10)18/h3-8,19H,1-2H3,(H,22,23)/b6-5+. The molecule has 1 aromatic carbocycles. The van der Waals surface area contributed by atoms with Crippen molar-refractivity contribution in [3.63, 3.8) is 0 Å². The second-order valence-electron chi connectivity index (χ2n) is 5.04. The summed E-state index contributed by atoms with van der Waals surface area (Å²) in [5.41, 5.74) is 0.863. The number of ketones is 1. The zero-order valence-electron chi connectivity index (χ0n) is 12.4. The second kappa shape index (κ2) is 6.89. The first-order valence-electron chi connectivity index (χ1n) is 6.60. The number of allylic oxidation sites excluding steroid dienone is 1. The van der Waals surface area contributed by atoms with Crippen molar-refractivity contribution in [1.29, 1.82) is 0 Å². The molecular formula is C16H14Cl2N2O3. The fourth-order valence-corrected chi connectivity index (χ4v) is 2.47. The minimum atomic E-state index is -1.15. The third-order valence-electron chi connectivity index (χ3n) is 3.04. The number of aromatic amines is 1. The third-order valence-corrected chi connectivity index (χ3v) is 3.59. The van der Waals surface area contributed by atoms with Crippen molar-refractivity contribution < 1.29 is 14.7 Å². The van der Waals surface area contributed by atoms with Crippen molar-refractivity contribution in [3.05, 3.63) is 57.8 Å². The highest BCUT2D eigenvalue weighted by molar-refractivity contribution is 6.36. The number of carboxylic acid groups (broad SMARTS) is 1. The molecular weight excluding hydrogens is 339 g/mol. The maximum Gasteiger partial charge on any atom is 0.337 e. The first kappa shape index (κ1) is 17.1. The molecule has 2 N–H and O–H groups in total. The fraction of sp³-hybridized carbons (Fsp3) is 0.125. The molecule has 0 fully saturated rings. The van der Waals surface area contributed by atoms with Crippen LogP contribution in [0.5, 0.6) is 0 Å². The Kier molecular flexibility index (Phi) is 5.13. The molecule has 0 saturated carbocycles. The number of rotatable bonds is 5. The van der Waals surface area contributed by atoms with Gasteiger partial charge in [-0.2, -0.15) is 0 Å². The number of carbonyl (C=O) groups is 2. The molecule has 0 aliphatic heterocycles. The van der Waals surface area contributed by atoms with Crippen LogP contribution < -0.4 is 0 Å². The lowest BCUT2D eigenvalue weighted by Gasteiger charge is -2.04. The van der Waals surface area contributed by atoms with Gasteiger partial charge in [-0.05, 0) is 24.3 Å². The maximum absolute atomic E-state index is 12.1. The summed E-state index contributed by atoms with van der Waals surface area (Å²) in [7, 11) is 3.56. The van der Waals surface area contributed by atoms with E-state index in [0.717, 1.165) is 0 Å². The van der Waals surface area contributed by atoms with Crippen LogP contribution in [0.25, 0.3) is 11.3 Å². The van der Waals surface area contributed by atoms with E-state index in [1.54, 1.807) is 37.3 Å². The van der Waals surface area contributed by atoms with Gasteiger partial charge in [-0.3, -0.25) is 4.79 Å². The van der Waals surface area contributed by atoms with E-state index in [1.165, 1.54) is 18.2 Å². The normalized spacial score (nSPS) is 11.0. The van der Waals surface area contributed by atoms with E-state index in [-0.39, 0.29) is 22.7 Å². The van der Waals surface area contributed by atoms with E-state index in [1.807, 2.05) is 0 Å². The monoisotopic (exact) mass is 352 g/mol. The highest BCUT2D eigenvalue weighted by Gasteiger charge is 2.20. The van der Waals surface area contributed by atoms with E-state index in [0.29, 0.717) is 15.6 Å². The molecule has 0 aliphatic carbocycles. The van der Waals surface area contributed by atoms with Gasteiger partial charge in [0.25, 0.3) is 0 Å².